The van der Waals surface area contributed by atoms with Gasteiger partial charge in [-0.15, -0.1) is 0 Å². The van der Waals surface area contributed by atoms with E-state index < -0.39 is 34.3 Å². The number of nitrogens with one attached hydrogen (secondary N) is 1. The summed E-state index contributed by atoms with van der Waals surface area (Å²) in [6.07, 6.45) is 1.20. The van der Waals surface area contributed by atoms with Crippen LogP contribution in [-0.4, -0.2) is 57.1 Å². The highest BCUT2D eigenvalue weighted by molar-refractivity contribution is 7.92. The van der Waals surface area contributed by atoms with E-state index in [1.165, 1.54) is 30.2 Å². The number of sulfonamides is 1. The summed E-state index contributed by atoms with van der Waals surface area (Å²) < 4.78 is 45.4. The van der Waals surface area contributed by atoms with Gasteiger partial charge >= 0.3 is 0 Å². The van der Waals surface area contributed by atoms with Crippen LogP contribution in [0.5, 0.6) is 5.75 Å². The molecule has 8 nitrogen and oxygen atoms in total. The van der Waals surface area contributed by atoms with Crippen LogP contribution in [0.15, 0.2) is 48.5 Å². The second kappa shape index (κ2) is 11.8. The largest absolute Gasteiger partial charge is 0.497 e. The van der Waals surface area contributed by atoms with Crippen molar-refractivity contribution >= 4 is 27.5 Å². The van der Waals surface area contributed by atoms with Gasteiger partial charge in [0, 0.05) is 12.6 Å². The van der Waals surface area contributed by atoms with Gasteiger partial charge in [-0.25, -0.2) is 12.8 Å². The molecule has 0 aliphatic carbocycles. The highest BCUT2D eigenvalue weighted by Crippen LogP contribution is 2.23. The SMILES string of the molecule is CCC(C(=O)NC(C)C)N(Cc1cccc(OC)c1)C(=O)CN(c1ccccc1F)S(C)(=O)=O. The predicted molar refractivity (Wildman–Crippen MR) is 129 cm³/mol. The lowest BCUT2D eigenvalue weighted by molar-refractivity contribution is -0.140. The van der Waals surface area contributed by atoms with Crippen LogP contribution in [0.25, 0.3) is 0 Å². The summed E-state index contributed by atoms with van der Waals surface area (Å²) in [7, 11) is -2.48. The number of nitrogens with zero attached hydrogens (tertiary/aromatic N) is 2. The van der Waals surface area contributed by atoms with Crippen LogP contribution in [0.4, 0.5) is 10.1 Å². The van der Waals surface area contributed by atoms with Gasteiger partial charge in [0.1, 0.15) is 24.2 Å². The molecule has 0 heterocycles. The number of amides is 2. The van der Waals surface area contributed by atoms with E-state index in [9.17, 15) is 22.4 Å². The van der Waals surface area contributed by atoms with Gasteiger partial charge in [0.2, 0.25) is 21.8 Å². The highest BCUT2D eigenvalue weighted by atomic mass is 32.2. The van der Waals surface area contributed by atoms with Crippen molar-refractivity contribution in [3.63, 3.8) is 0 Å². The van der Waals surface area contributed by atoms with Gasteiger partial charge in [-0.2, -0.15) is 0 Å². The minimum Gasteiger partial charge on any atom is -0.497 e. The summed E-state index contributed by atoms with van der Waals surface area (Å²) in [5, 5.41) is 2.81. The Balaban J connectivity index is 2.47. The Hall–Kier alpha value is -3.14. The second-order valence-corrected chi connectivity index (χ2v) is 10.1. The van der Waals surface area contributed by atoms with Gasteiger partial charge in [0.15, 0.2) is 0 Å². The van der Waals surface area contributed by atoms with Crippen molar-refractivity contribution in [1.29, 1.82) is 0 Å². The molecular weight excluding hydrogens is 461 g/mol. The molecule has 1 unspecified atom stereocenters. The summed E-state index contributed by atoms with van der Waals surface area (Å²) >= 11 is 0. The van der Waals surface area contributed by atoms with E-state index >= 15 is 0 Å². The van der Waals surface area contributed by atoms with Crippen molar-refractivity contribution in [2.45, 2.75) is 45.8 Å². The number of carbonyl (C=O) groups excluding carboxylic acids is 2. The number of ether oxygens (including phenoxy) is 1. The van der Waals surface area contributed by atoms with Crippen molar-refractivity contribution in [2.75, 3.05) is 24.2 Å². The smallest absolute Gasteiger partial charge is 0.244 e. The van der Waals surface area contributed by atoms with Crippen LogP contribution in [-0.2, 0) is 26.2 Å². The van der Waals surface area contributed by atoms with Crippen LogP contribution >= 0.6 is 0 Å². The molecule has 34 heavy (non-hydrogen) atoms. The van der Waals surface area contributed by atoms with Crippen molar-refractivity contribution < 1.29 is 27.1 Å². The Bertz CT molecular complexity index is 1110. The van der Waals surface area contributed by atoms with Gasteiger partial charge in [-0.05, 0) is 50.1 Å². The molecule has 0 radical (unpaired) electrons. The number of rotatable bonds is 11. The minimum atomic E-state index is -4.00. The van der Waals surface area contributed by atoms with Crippen LogP contribution in [0.2, 0.25) is 0 Å². The number of hydrogen-bond acceptors (Lipinski definition) is 5. The third kappa shape index (κ3) is 7.18. The molecule has 0 aliphatic heterocycles. The molecule has 2 aromatic rings. The molecule has 2 amide bonds. The summed E-state index contributed by atoms with van der Waals surface area (Å²) in [6, 6.07) is 11.3. The fourth-order valence-corrected chi connectivity index (χ4v) is 4.37. The molecular formula is C24H32FN3O5S. The summed E-state index contributed by atoms with van der Waals surface area (Å²) in [4.78, 5) is 27.8. The Morgan fingerprint density at radius 3 is 2.35 bits per heavy atom. The summed E-state index contributed by atoms with van der Waals surface area (Å²) in [5.41, 5.74) is 0.458. The van der Waals surface area contributed by atoms with Crippen LogP contribution in [0, 0.1) is 5.82 Å². The van der Waals surface area contributed by atoms with Crippen molar-refractivity contribution in [3.8, 4) is 5.75 Å². The first-order valence-corrected chi connectivity index (χ1v) is 12.8. The van der Waals surface area contributed by atoms with Crippen molar-refractivity contribution in [1.82, 2.24) is 10.2 Å². The fraction of sp³-hybridized carbons (Fsp3) is 0.417. The first kappa shape index (κ1) is 27.1. The molecule has 0 fully saturated rings. The third-order valence-corrected chi connectivity index (χ3v) is 6.23. The van der Waals surface area contributed by atoms with Crippen molar-refractivity contribution in [3.05, 3.63) is 59.9 Å². The molecule has 186 valence electrons. The number of methoxy groups -OCH3 is 1. The van der Waals surface area contributed by atoms with E-state index in [0.29, 0.717) is 17.7 Å². The predicted octanol–water partition coefficient (Wildman–Crippen LogP) is 2.93. The maximum Gasteiger partial charge on any atom is 0.244 e. The Morgan fingerprint density at radius 2 is 1.79 bits per heavy atom. The maximum atomic E-state index is 14.4. The van der Waals surface area contributed by atoms with E-state index in [1.807, 2.05) is 13.8 Å². The maximum absolute atomic E-state index is 14.4. The number of carbonyl (C=O) groups is 2. The average Bonchev–Trinajstić information content (AvgIpc) is 2.76. The zero-order chi connectivity index (χ0) is 25.5. The number of para-hydroxylation sites is 1. The molecule has 0 spiro atoms. The second-order valence-electron chi connectivity index (χ2n) is 8.18. The molecule has 2 aromatic carbocycles. The number of benzene rings is 2. The standard InChI is InChI=1S/C24H32FN3O5S/c1-6-21(24(30)26-17(2)3)27(15-18-10-9-11-19(14-18)33-4)23(29)16-28(34(5,31)32)22-13-8-7-12-20(22)25/h7-14,17,21H,6,15-16H2,1-5H3,(H,26,30). The van der Waals surface area contributed by atoms with E-state index in [2.05, 4.69) is 5.32 Å². The molecule has 0 aliphatic rings. The Kier molecular flexibility index (Phi) is 9.43. The number of hydrogen-bond donors (Lipinski definition) is 1. The fourth-order valence-electron chi connectivity index (χ4n) is 3.52. The molecule has 0 bridgehead atoms. The van der Waals surface area contributed by atoms with E-state index in [4.69, 9.17) is 4.74 Å². The van der Waals surface area contributed by atoms with E-state index in [0.717, 1.165) is 16.6 Å². The normalized spacial score (nSPS) is 12.2. The van der Waals surface area contributed by atoms with Gasteiger partial charge in [-0.3, -0.25) is 13.9 Å². The third-order valence-electron chi connectivity index (χ3n) is 5.10. The van der Waals surface area contributed by atoms with Crippen molar-refractivity contribution in [2.24, 2.45) is 0 Å². The Labute approximate surface area is 200 Å². The molecule has 1 N–H and O–H groups in total. The van der Waals surface area contributed by atoms with Gasteiger partial charge in [0.05, 0.1) is 19.1 Å². The van der Waals surface area contributed by atoms with Gasteiger partial charge in [-0.1, -0.05) is 31.2 Å². The highest BCUT2D eigenvalue weighted by Gasteiger charge is 2.32. The monoisotopic (exact) mass is 493 g/mol. The van der Waals surface area contributed by atoms with Crippen LogP contribution in [0.3, 0.4) is 0 Å². The number of halogens is 1. The van der Waals surface area contributed by atoms with Crippen LogP contribution < -0.4 is 14.4 Å². The zero-order valence-electron chi connectivity index (χ0n) is 20.1. The van der Waals surface area contributed by atoms with E-state index in [1.54, 1.807) is 31.2 Å². The van der Waals surface area contributed by atoms with Gasteiger partial charge < -0.3 is 15.0 Å². The summed E-state index contributed by atoms with van der Waals surface area (Å²) in [5.74, 6) is -1.19. The molecule has 10 heteroatoms. The molecule has 0 saturated heterocycles. The summed E-state index contributed by atoms with van der Waals surface area (Å²) in [6.45, 7) is 4.76. The van der Waals surface area contributed by atoms with E-state index in [-0.39, 0.29) is 24.2 Å². The van der Waals surface area contributed by atoms with Crippen LogP contribution in [0.1, 0.15) is 32.8 Å². The first-order valence-electron chi connectivity index (χ1n) is 10.9. The average molecular weight is 494 g/mol. The lowest BCUT2D eigenvalue weighted by Crippen LogP contribution is -2.53. The minimum absolute atomic E-state index is 0.0366. The zero-order valence-corrected chi connectivity index (χ0v) is 20.9. The quantitative estimate of drug-likeness (QED) is 0.519. The Morgan fingerprint density at radius 1 is 1.12 bits per heavy atom. The van der Waals surface area contributed by atoms with Gasteiger partial charge in [0.25, 0.3) is 0 Å². The molecule has 1 atom stereocenters. The lowest BCUT2D eigenvalue weighted by Gasteiger charge is -2.33. The lowest BCUT2D eigenvalue weighted by atomic mass is 10.1. The molecule has 2 rings (SSSR count). The molecule has 0 aromatic heterocycles. The topological polar surface area (TPSA) is 96.0 Å². The molecule has 0 saturated carbocycles. The number of anilines is 1. The first-order chi connectivity index (χ1) is 16.0.